The van der Waals surface area contributed by atoms with Gasteiger partial charge in [0.25, 0.3) is 5.91 Å². The van der Waals surface area contributed by atoms with E-state index in [1.807, 2.05) is 12.1 Å². The molecular weight excluding hydrogens is 468 g/mol. The fourth-order valence-electron chi connectivity index (χ4n) is 3.52. The summed E-state index contributed by atoms with van der Waals surface area (Å²) in [4.78, 5) is 13.7. The average molecular weight is 483 g/mol. The SMILES string of the molecule is O=C1C(n2cc(-c3ccc(Br)cc3)nn2)CCc2c(F)cccc2N1CC(F)(F)F. The van der Waals surface area contributed by atoms with Crippen LogP contribution in [0.1, 0.15) is 18.0 Å². The maximum absolute atomic E-state index is 14.3. The van der Waals surface area contributed by atoms with E-state index in [2.05, 4.69) is 26.2 Å². The second kappa shape index (κ2) is 7.82. The molecule has 1 atom stereocenters. The highest BCUT2D eigenvalue weighted by Crippen LogP contribution is 2.35. The van der Waals surface area contributed by atoms with Crippen molar-refractivity contribution in [2.24, 2.45) is 0 Å². The minimum Gasteiger partial charge on any atom is -0.301 e. The van der Waals surface area contributed by atoms with Crippen LogP contribution in [-0.2, 0) is 11.2 Å². The van der Waals surface area contributed by atoms with Gasteiger partial charge in [-0.15, -0.1) is 5.10 Å². The van der Waals surface area contributed by atoms with Gasteiger partial charge >= 0.3 is 6.18 Å². The number of aromatic nitrogens is 3. The highest BCUT2D eigenvalue weighted by molar-refractivity contribution is 9.10. The zero-order valence-electron chi connectivity index (χ0n) is 15.4. The van der Waals surface area contributed by atoms with Gasteiger partial charge in [-0.3, -0.25) is 4.79 Å². The Bertz CT molecular complexity index is 1080. The van der Waals surface area contributed by atoms with Gasteiger partial charge in [0.05, 0.1) is 11.9 Å². The summed E-state index contributed by atoms with van der Waals surface area (Å²) in [6, 6.07) is 10.0. The average Bonchev–Trinajstić information content (AvgIpc) is 3.12. The molecule has 0 bridgehead atoms. The monoisotopic (exact) mass is 482 g/mol. The lowest BCUT2D eigenvalue weighted by Gasteiger charge is -2.26. The molecule has 0 fully saturated rings. The van der Waals surface area contributed by atoms with Crippen molar-refractivity contribution >= 4 is 27.5 Å². The Morgan fingerprint density at radius 3 is 2.57 bits per heavy atom. The van der Waals surface area contributed by atoms with E-state index in [0.29, 0.717) is 10.6 Å². The minimum atomic E-state index is -4.64. The number of fused-ring (bicyclic) bond motifs is 1. The van der Waals surface area contributed by atoms with Crippen molar-refractivity contribution in [3.63, 3.8) is 0 Å². The van der Waals surface area contributed by atoms with Crippen molar-refractivity contribution in [2.45, 2.75) is 25.1 Å². The highest BCUT2D eigenvalue weighted by Gasteiger charge is 2.40. The van der Waals surface area contributed by atoms with Gasteiger partial charge < -0.3 is 4.90 Å². The van der Waals surface area contributed by atoms with Crippen LogP contribution in [0.25, 0.3) is 11.3 Å². The first-order chi connectivity index (χ1) is 14.2. The van der Waals surface area contributed by atoms with Gasteiger partial charge in [0, 0.05) is 15.6 Å². The zero-order chi connectivity index (χ0) is 21.5. The van der Waals surface area contributed by atoms with Gasteiger partial charge in [-0.25, -0.2) is 9.07 Å². The van der Waals surface area contributed by atoms with Crippen molar-refractivity contribution in [3.8, 4) is 11.3 Å². The molecule has 1 aromatic heterocycles. The molecule has 156 valence electrons. The summed E-state index contributed by atoms with van der Waals surface area (Å²) in [5, 5.41) is 8.03. The fraction of sp³-hybridized carbons (Fsp3) is 0.250. The second-order valence-corrected chi connectivity index (χ2v) is 7.84. The van der Waals surface area contributed by atoms with E-state index < -0.39 is 30.5 Å². The van der Waals surface area contributed by atoms with Crippen molar-refractivity contribution < 1.29 is 22.4 Å². The topological polar surface area (TPSA) is 51.0 Å². The molecular formula is C20H15BrF4N4O. The third-order valence-corrected chi connectivity index (χ3v) is 5.44. The molecule has 1 aliphatic heterocycles. The van der Waals surface area contributed by atoms with Gasteiger partial charge in [0.15, 0.2) is 0 Å². The van der Waals surface area contributed by atoms with Gasteiger partial charge in [-0.1, -0.05) is 39.3 Å². The number of nitrogens with zero attached hydrogens (tertiary/aromatic N) is 4. The summed E-state index contributed by atoms with van der Waals surface area (Å²) in [6.07, 6.45) is -2.92. The number of hydrogen-bond donors (Lipinski definition) is 0. The first-order valence-electron chi connectivity index (χ1n) is 9.06. The maximum Gasteiger partial charge on any atom is 0.406 e. The summed E-state index contributed by atoms with van der Waals surface area (Å²) in [6.45, 7) is -1.51. The molecule has 0 radical (unpaired) electrons. The van der Waals surface area contributed by atoms with Crippen molar-refractivity contribution in [1.29, 1.82) is 0 Å². The third kappa shape index (κ3) is 4.09. The number of alkyl halides is 3. The number of amides is 1. The van der Waals surface area contributed by atoms with E-state index >= 15 is 0 Å². The molecule has 1 amide bonds. The molecule has 1 aliphatic rings. The summed E-state index contributed by atoms with van der Waals surface area (Å²) in [7, 11) is 0. The molecule has 1 unspecified atom stereocenters. The van der Waals surface area contributed by atoms with Crippen LogP contribution < -0.4 is 4.90 Å². The summed E-state index contributed by atoms with van der Waals surface area (Å²) < 4.78 is 56.1. The van der Waals surface area contributed by atoms with Crippen LogP contribution >= 0.6 is 15.9 Å². The van der Waals surface area contributed by atoms with Crippen LogP contribution in [0.3, 0.4) is 0 Å². The first kappa shape index (κ1) is 20.5. The molecule has 0 spiro atoms. The van der Waals surface area contributed by atoms with Crippen LogP contribution in [0.15, 0.2) is 53.1 Å². The Hall–Kier alpha value is -2.75. The predicted molar refractivity (Wildman–Crippen MR) is 105 cm³/mol. The number of anilines is 1. The predicted octanol–water partition coefficient (Wildman–Crippen LogP) is 4.93. The molecule has 2 heterocycles. The van der Waals surface area contributed by atoms with Gasteiger partial charge in [0.1, 0.15) is 24.1 Å². The summed E-state index contributed by atoms with van der Waals surface area (Å²) in [5.41, 5.74) is 1.25. The first-order valence-corrected chi connectivity index (χ1v) is 9.85. The van der Waals surface area contributed by atoms with Gasteiger partial charge in [-0.2, -0.15) is 13.2 Å². The Labute approximate surface area is 177 Å². The normalized spacial score (nSPS) is 17.0. The highest BCUT2D eigenvalue weighted by atomic mass is 79.9. The van der Waals surface area contributed by atoms with Crippen LogP contribution in [-0.4, -0.2) is 33.6 Å². The van der Waals surface area contributed by atoms with Crippen molar-refractivity contribution in [1.82, 2.24) is 15.0 Å². The smallest absolute Gasteiger partial charge is 0.301 e. The minimum absolute atomic E-state index is 0.0620. The summed E-state index contributed by atoms with van der Waals surface area (Å²) in [5.74, 6) is -1.44. The van der Waals surface area contributed by atoms with E-state index in [9.17, 15) is 22.4 Å². The number of carbonyl (C=O) groups excluding carboxylic acids is 1. The molecule has 3 aromatic rings. The second-order valence-electron chi connectivity index (χ2n) is 6.92. The Balaban J connectivity index is 1.71. The molecule has 0 saturated heterocycles. The van der Waals surface area contributed by atoms with Crippen LogP contribution in [0.5, 0.6) is 0 Å². The Morgan fingerprint density at radius 1 is 1.13 bits per heavy atom. The molecule has 0 saturated carbocycles. The van der Waals surface area contributed by atoms with E-state index in [-0.39, 0.29) is 24.1 Å². The lowest BCUT2D eigenvalue weighted by atomic mass is 10.1. The van der Waals surface area contributed by atoms with Crippen LogP contribution in [0.2, 0.25) is 0 Å². The van der Waals surface area contributed by atoms with E-state index in [1.54, 1.807) is 12.1 Å². The number of halogens is 5. The number of benzene rings is 2. The summed E-state index contributed by atoms with van der Waals surface area (Å²) >= 11 is 3.34. The van der Waals surface area contributed by atoms with Gasteiger partial charge in [-0.05, 0) is 37.1 Å². The maximum atomic E-state index is 14.3. The van der Waals surface area contributed by atoms with Gasteiger partial charge in [0.2, 0.25) is 0 Å². The zero-order valence-corrected chi connectivity index (χ0v) is 17.0. The van der Waals surface area contributed by atoms with Crippen molar-refractivity contribution in [3.05, 3.63) is 64.5 Å². The third-order valence-electron chi connectivity index (χ3n) is 4.91. The standard InChI is InChI=1S/C20H15BrF4N4O/c21-13-6-4-12(5-7-13)16-10-29(27-26-16)18-9-8-14-15(22)2-1-3-17(14)28(19(18)30)11-20(23,24)25/h1-7,10,18H,8-9,11H2. The molecule has 30 heavy (non-hydrogen) atoms. The van der Waals surface area contributed by atoms with Crippen molar-refractivity contribution in [2.75, 3.05) is 11.4 Å². The molecule has 2 aromatic carbocycles. The molecule has 5 nitrogen and oxygen atoms in total. The molecule has 0 aliphatic carbocycles. The lowest BCUT2D eigenvalue weighted by molar-refractivity contribution is -0.134. The lowest BCUT2D eigenvalue weighted by Crippen LogP contribution is -2.42. The Morgan fingerprint density at radius 2 is 1.87 bits per heavy atom. The fourth-order valence-corrected chi connectivity index (χ4v) is 3.78. The molecule has 4 rings (SSSR count). The van der Waals surface area contributed by atoms with E-state index in [0.717, 1.165) is 10.0 Å². The number of rotatable bonds is 3. The van der Waals surface area contributed by atoms with Crippen LogP contribution in [0, 0.1) is 5.82 Å². The largest absolute Gasteiger partial charge is 0.406 e. The molecule has 0 N–H and O–H groups in total. The number of hydrogen-bond acceptors (Lipinski definition) is 3. The van der Waals surface area contributed by atoms with E-state index in [4.69, 9.17) is 0 Å². The van der Waals surface area contributed by atoms with E-state index in [1.165, 1.54) is 29.1 Å². The van der Waals surface area contributed by atoms with Crippen LogP contribution in [0.4, 0.5) is 23.2 Å². The Kier molecular flexibility index (Phi) is 5.35. The number of carbonyl (C=O) groups is 1. The quantitative estimate of drug-likeness (QED) is 0.497. The molecule has 10 heteroatoms.